The molecule has 5 heteroatoms. The van der Waals surface area contributed by atoms with Gasteiger partial charge in [0.05, 0.1) is 18.2 Å². The zero-order valence-corrected chi connectivity index (χ0v) is 12.6. The van der Waals surface area contributed by atoms with Gasteiger partial charge in [0.2, 0.25) is 0 Å². The Morgan fingerprint density at radius 3 is 2.59 bits per heavy atom. The standard InChI is InChI=1S/C17H21N3O2/c1-2-10-18-17(22)14-8-9-16(19-11-14)20-15(12-21)13-6-4-3-5-7-13/h3-9,11,15,21H,2,10,12H2,1H3,(H,18,22)(H,19,20). The van der Waals surface area contributed by atoms with Crippen LogP contribution in [0.3, 0.4) is 0 Å². The molecule has 3 N–H and O–H groups in total. The van der Waals surface area contributed by atoms with Crippen molar-refractivity contribution in [1.29, 1.82) is 0 Å². The van der Waals surface area contributed by atoms with Gasteiger partial charge in [-0.15, -0.1) is 0 Å². The highest BCUT2D eigenvalue weighted by molar-refractivity contribution is 5.94. The Balaban J connectivity index is 2.02. The lowest BCUT2D eigenvalue weighted by Crippen LogP contribution is -2.24. The molecule has 0 saturated heterocycles. The molecule has 22 heavy (non-hydrogen) atoms. The minimum Gasteiger partial charge on any atom is -0.394 e. The van der Waals surface area contributed by atoms with Gasteiger partial charge in [-0.3, -0.25) is 4.79 Å². The zero-order valence-electron chi connectivity index (χ0n) is 12.6. The molecule has 0 aliphatic rings. The first kappa shape index (κ1) is 16.0. The number of aromatic nitrogens is 1. The number of nitrogens with zero attached hydrogens (tertiary/aromatic N) is 1. The molecule has 1 aromatic heterocycles. The number of carbonyl (C=O) groups excluding carboxylic acids is 1. The average Bonchev–Trinajstić information content (AvgIpc) is 2.58. The Morgan fingerprint density at radius 1 is 1.23 bits per heavy atom. The van der Waals surface area contributed by atoms with E-state index in [1.54, 1.807) is 12.1 Å². The van der Waals surface area contributed by atoms with E-state index in [0.29, 0.717) is 17.9 Å². The van der Waals surface area contributed by atoms with E-state index >= 15 is 0 Å². The third kappa shape index (κ3) is 4.30. The number of amides is 1. The molecule has 0 fully saturated rings. The van der Waals surface area contributed by atoms with Crippen molar-refractivity contribution < 1.29 is 9.90 Å². The van der Waals surface area contributed by atoms with Gasteiger partial charge >= 0.3 is 0 Å². The molecule has 0 saturated carbocycles. The second kappa shape index (κ2) is 8.14. The SMILES string of the molecule is CCCNC(=O)c1ccc(NC(CO)c2ccccc2)nc1. The van der Waals surface area contributed by atoms with E-state index in [4.69, 9.17) is 0 Å². The molecule has 1 aromatic carbocycles. The summed E-state index contributed by atoms with van der Waals surface area (Å²) in [6.07, 6.45) is 2.43. The average molecular weight is 299 g/mol. The molecular weight excluding hydrogens is 278 g/mol. The first-order valence-electron chi connectivity index (χ1n) is 7.41. The van der Waals surface area contributed by atoms with Crippen LogP contribution in [0, 0.1) is 0 Å². The largest absolute Gasteiger partial charge is 0.394 e. The Hall–Kier alpha value is -2.40. The molecule has 0 aliphatic heterocycles. The topological polar surface area (TPSA) is 74.2 Å². The van der Waals surface area contributed by atoms with Gasteiger partial charge in [-0.05, 0) is 24.1 Å². The maximum atomic E-state index is 11.8. The number of aliphatic hydroxyl groups excluding tert-OH is 1. The quantitative estimate of drug-likeness (QED) is 0.734. The molecule has 0 radical (unpaired) electrons. The van der Waals surface area contributed by atoms with Gasteiger partial charge in [-0.25, -0.2) is 4.98 Å². The molecule has 1 heterocycles. The van der Waals surface area contributed by atoms with Crippen LogP contribution in [-0.2, 0) is 0 Å². The molecule has 2 rings (SSSR count). The van der Waals surface area contributed by atoms with Crippen molar-refractivity contribution in [3.63, 3.8) is 0 Å². The van der Waals surface area contributed by atoms with E-state index in [1.165, 1.54) is 6.20 Å². The fourth-order valence-corrected chi connectivity index (χ4v) is 2.05. The molecule has 0 bridgehead atoms. The van der Waals surface area contributed by atoms with Crippen LogP contribution in [0.25, 0.3) is 0 Å². The lowest BCUT2D eigenvalue weighted by Gasteiger charge is -2.17. The minimum atomic E-state index is -0.228. The number of benzene rings is 1. The summed E-state index contributed by atoms with van der Waals surface area (Å²) < 4.78 is 0. The second-order valence-electron chi connectivity index (χ2n) is 4.98. The summed E-state index contributed by atoms with van der Waals surface area (Å²) in [6, 6.07) is 12.9. The van der Waals surface area contributed by atoms with Gasteiger partial charge in [-0.2, -0.15) is 0 Å². The van der Waals surface area contributed by atoms with E-state index in [1.807, 2.05) is 37.3 Å². The Morgan fingerprint density at radius 2 is 2.00 bits per heavy atom. The summed E-state index contributed by atoms with van der Waals surface area (Å²) in [6.45, 7) is 2.62. The van der Waals surface area contributed by atoms with Crippen molar-refractivity contribution >= 4 is 11.7 Å². The fourth-order valence-electron chi connectivity index (χ4n) is 2.05. The highest BCUT2D eigenvalue weighted by atomic mass is 16.3. The Bertz CT molecular complexity index is 585. The van der Waals surface area contributed by atoms with Gasteiger partial charge in [0.15, 0.2) is 0 Å². The molecule has 116 valence electrons. The van der Waals surface area contributed by atoms with E-state index < -0.39 is 0 Å². The zero-order chi connectivity index (χ0) is 15.8. The number of anilines is 1. The second-order valence-corrected chi connectivity index (χ2v) is 4.98. The first-order valence-corrected chi connectivity index (χ1v) is 7.41. The van der Waals surface area contributed by atoms with Crippen LogP contribution in [0.5, 0.6) is 0 Å². The lowest BCUT2D eigenvalue weighted by atomic mass is 10.1. The van der Waals surface area contributed by atoms with Crippen LogP contribution in [-0.4, -0.2) is 29.1 Å². The fraction of sp³-hybridized carbons (Fsp3) is 0.294. The van der Waals surface area contributed by atoms with Crippen LogP contribution in [0.15, 0.2) is 48.7 Å². The summed E-state index contributed by atoms with van der Waals surface area (Å²) >= 11 is 0. The number of pyridine rings is 1. The summed E-state index contributed by atoms with van der Waals surface area (Å²) in [7, 11) is 0. The smallest absolute Gasteiger partial charge is 0.252 e. The molecule has 0 aliphatic carbocycles. The van der Waals surface area contributed by atoms with E-state index in [2.05, 4.69) is 15.6 Å². The number of hydrogen-bond acceptors (Lipinski definition) is 4. The van der Waals surface area contributed by atoms with E-state index in [-0.39, 0.29) is 18.6 Å². The Kier molecular flexibility index (Phi) is 5.91. The lowest BCUT2D eigenvalue weighted by molar-refractivity contribution is 0.0953. The van der Waals surface area contributed by atoms with E-state index in [0.717, 1.165) is 12.0 Å². The van der Waals surface area contributed by atoms with Gasteiger partial charge < -0.3 is 15.7 Å². The third-order valence-corrected chi connectivity index (χ3v) is 3.27. The van der Waals surface area contributed by atoms with Crippen molar-refractivity contribution in [3.8, 4) is 0 Å². The summed E-state index contributed by atoms with van der Waals surface area (Å²) in [5.74, 6) is 0.498. The molecule has 1 amide bonds. The van der Waals surface area contributed by atoms with Crippen LogP contribution in [0.1, 0.15) is 35.3 Å². The molecule has 0 spiro atoms. The van der Waals surface area contributed by atoms with E-state index in [9.17, 15) is 9.90 Å². The summed E-state index contributed by atoms with van der Waals surface area (Å²) in [5, 5.41) is 15.5. The number of hydrogen-bond donors (Lipinski definition) is 3. The molecule has 2 aromatic rings. The van der Waals surface area contributed by atoms with Crippen LogP contribution >= 0.6 is 0 Å². The van der Waals surface area contributed by atoms with Crippen molar-refractivity contribution in [2.45, 2.75) is 19.4 Å². The highest BCUT2D eigenvalue weighted by Crippen LogP contribution is 2.17. The molecule has 5 nitrogen and oxygen atoms in total. The number of rotatable bonds is 7. The van der Waals surface area contributed by atoms with Gasteiger partial charge in [0, 0.05) is 12.7 Å². The van der Waals surface area contributed by atoms with Crippen molar-refractivity contribution in [2.24, 2.45) is 0 Å². The number of carbonyl (C=O) groups is 1. The summed E-state index contributed by atoms with van der Waals surface area (Å²) in [4.78, 5) is 16.0. The molecule has 1 unspecified atom stereocenters. The van der Waals surface area contributed by atoms with Crippen molar-refractivity contribution in [2.75, 3.05) is 18.5 Å². The highest BCUT2D eigenvalue weighted by Gasteiger charge is 2.11. The third-order valence-electron chi connectivity index (χ3n) is 3.27. The maximum absolute atomic E-state index is 11.8. The number of nitrogens with one attached hydrogen (secondary N) is 2. The summed E-state index contributed by atoms with van der Waals surface area (Å²) in [5.41, 5.74) is 1.51. The van der Waals surface area contributed by atoms with Gasteiger partial charge in [0.1, 0.15) is 5.82 Å². The van der Waals surface area contributed by atoms with Crippen LogP contribution < -0.4 is 10.6 Å². The monoisotopic (exact) mass is 299 g/mol. The molecule has 1 atom stereocenters. The van der Waals surface area contributed by atoms with Gasteiger partial charge in [0.25, 0.3) is 5.91 Å². The van der Waals surface area contributed by atoms with Crippen molar-refractivity contribution in [3.05, 3.63) is 59.8 Å². The van der Waals surface area contributed by atoms with Crippen LogP contribution in [0.2, 0.25) is 0 Å². The molecular formula is C17H21N3O2. The normalized spacial score (nSPS) is 11.7. The maximum Gasteiger partial charge on any atom is 0.252 e. The predicted octanol–water partition coefficient (Wildman–Crippen LogP) is 2.37. The Labute approximate surface area is 130 Å². The van der Waals surface area contributed by atoms with Gasteiger partial charge in [-0.1, -0.05) is 37.3 Å². The predicted molar refractivity (Wildman–Crippen MR) is 86.8 cm³/mol. The van der Waals surface area contributed by atoms with Crippen LogP contribution in [0.4, 0.5) is 5.82 Å². The first-order chi connectivity index (χ1) is 10.7. The number of aliphatic hydroxyl groups is 1. The minimum absolute atomic E-state index is 0.0373. The van der Waals surface area contributed by atoms with Crippen molar-refractivity contribution in [1.82, 2.24) is 10.3 Å².